The molecule has 0 spiro atoms. The number of fused-ring (bicyclic) bond motifs is 1. The van der Waals surface area contributed by atoms with Crippen molar-refractivity contribution in [3.05, 3.63) is 54.5 Å². The highest BCUT2D eigenvalue weighted by molar-refractivity contribution is 7.90. The summed E-state index contributed by atoms with van der Waals surface area (Å²) >= 11 is 0. The van der Waals surface area contributed by atoms with Crippen LogP contribution in [0.5, 0.6) is 5.75 Å². The lowest BCUT2D eigenvalue weighted by Gasteiger charge is -2.07. The summed E-state index contributed by atoms with van der Waals surface area (Å²) in [7, 11) is -2.67. The molecule has 0 aliphatic rings. The van der Waals surface area contributed by atoms with E-state index in [-0.39, 0.29) is 17.2 Å². The van der Waals surface area contributed by atoms with E-state index < -0.39 is 16.1 Å². The molecule has 130 valence electrons. The van der Waals surface area contributed by atoms with Gasteiger partial charge in [-0.1, -0.05) is 0 Å². The number of rotatable bonds is 4. The van der Waals surface area contributed by atoms with E-state index in [0.29, 0.717) is 16.5 Å². The van der Waals surface area contributed by atoms with Crippen LogP contribution in [0.25, 0.3) is 10.9 Å². The zero-order valence-corrected chi connectivity index (χ0v) is 14.0. The highest BCUT2D eigenvalue weighted by atomic mass is 32.2. The van der Waals surface area contributed by atoms with E-state index in [1.165, 1.54) is 50.0 Å². The van der Waals surface area contributed by atoms with Crippen molar-refractivity contribution in [3.8, 4) is 5.75 Å². The third-order valence-electron chi connectivity index (χ3n) is 3.64. The van der Waals surface area contributed by atoms with Crippen LogP contribution in [0.2, 0.25) is 0 Å². The van der Waals surface area contributed by atoms with Crippen LogP contribution in [0.4, 0.5) is 4.79 Å². The Labute approximate surface area is 143 Å². The Morgan fingerprint density at radius 2 is 2.16 bits per heavy atom. The molecule has 8 nitrogen and oxygen atoms in total. The lowest BCUT2D eigenvalue weighted by atomic mass is 10.1. The highest BCUT2D eigenvalue weighted by Crippen LogP contribution is 2.28. The third kappa shape index (κ3) is 3.13. The molecule has 0 saturated carbocycles. The summed E-state index contributed by atoms with van der Waals surface area (Å²) in [5, 5.41) is 12.8. The molecule has 9 heteroatoms. The van der Waals surface area contributed by atoms with Gasteiger partial charge in [-0.25, -0.2) is 17.2 Å². The second-order valence-electron chi connectivity index (χ2n) is 5.19. The number of benzene rings is 1. The fraction of sp³-hybridized carbons (Fsp3) is 0.125. The number of aromatic nitrogens is 2. The van der Waals surface area contributed by atoms with E-state index in [4.69, 9.17) is 0 Å². The Morgan fingerprint density at radius 3 is 2.84 bits per heavy atom. The van der Waals surface area contributed by atoms with Crippen molar-refractivity contribution in [2.45, 2.75) is 11.4 Å². The summed E-state index contributed by atoms with van der Waals surface area (Å²) in [6.07, 6.45) is 3.50. The number of amides is 1. The Balaban J connectivity index is 2.15. The molecule has 1 amide bonds. The molecular formula is C16H15N3O5S. The molecular weight excluding hydrogens is 346 g/mol. The van der Waals surface area contributed by atoms with Crippen molar-refractivity contribution < 1.29 is 23.1 Å². The van der Waals surface area contributed by atoms with Gasteiger partial charge in [0.1, 0.15) is 10.6 Å². The lowest BCUT2D eigenvalue weighted by molar-refractivity contribution is 0.170. The Bertz CT molecular complexity index is 1030. The number of pyridine rings is 1. The smallest absolute Gasteiger partial charge is 0.407 e. The zero-order valence-electron chi connectivity index (χ0n) is 13.2. The molecule has 0 saturated heterocycles. The number of ether oxygens (including phenoxy) is 1. The SMILES string of the molecule is COC(=O)NCc1cn(S(=O)(=O)c2cccnc2)c2cc(O)ccc12. The molecule has 0 radical (unpaired) electrons. The monoisotopic (exact) mass is 361 g/mol. The summed E-state index contributed by atoms with van der Waals surface area (Å²) in [4.78, 5) is 15.1. The number of aromatic hydroxyl groups is 1. The van der Waals surface area contributed by atoms with Gasteiger partial charge in [0.05, 0.1) is 12.6 Å². The van der Waals surface area contributed by atoms with Gasteiger partial charge in [-0.3, -0.25) is 4.98 Å². The van der Waals surface area contributed by atoms with Crippen molar-refractivity contribution >= 4 is 27.0 Å². The van der Waals surface area contributed by atoms with Crippen LogP contribution in [-0.2, 0) is 21.3 Å². The average Bonchev–Trinajstić information content (AvgIpc) is 2.98. The molecule has 0 aliphatic heterocycles. The average molecular weight is 361 g/mol. The van der Waals surface area contributed by atoms with Gasteiger partial charge in [0, 0.05) is 36.6 Å². The maximum absolute atomic E-state index is 12.9. The first-order valence-electron chi connectivity index (χ1n) is 7.24. The molecule has 0 aliphatic carbocycles. The van der Waals surface area contributed by atoms with E-state index in [1.54, 1.807) is 6.07 Å². The molecule has 0 bridgehead atoms. The van der Waals surface area contributed by atoms with Crippen LogP contribution in [0.3, 0.4) is 0 Å². The van der Waals surface area contributed by atoms with Crippen molar-refractivity contribution in [2.24, 2.45) is 0 Å². The van der Waals surface area contributed by atoms with Crippen LogP contribution in [-0.4, -0.2) is 35.7 Å². The molecule has 0 unspecified atom stereocenters. The van der Waals surface area contributed by atoms with Crippen molar-refractivity contribution in [1.29, 1.82) is 0 Å². The van der Waals surface area contributed by atoms with Gasteiger partial charge in [-0.15, -0.1) is 0 Å². The minimum atomic E-state index is -3.91. The van der Waals surface area contributed by atoms with Gasteiger partial charge in [0.15, 0.2) is 0 Å². The maximum atomic E-state index is 12.9. The van der Waals surface area contributed by atoms with Crippen LogP contribution < -0.4 is 5.32 Å². The van der Waals surface area contributed by atoms with Crippen molar-refractivity contribution in [1.82, 2.24) is 14.3 Å². The number of alkyl carbamates (subject to hydrolysis) is 1. The first kappa shape index (κ1) is 16.8. The molecule has 25 heavy (non-hydrogen) atoms. The van der Waals surface area contributed by atoms with Crippen LogP contribution in [0.15, 0.2) is 53.8 Å². The number of hydrogen-bond acceptors (Lipinski definition) is 6. The summed E-state index contributed by atoms with van der Waals surface area (Å²) in [5.74, 6) is -0.0688. The largest absolute Gasteiger partial charge is 0.508 e. The van der Waals surface area contributed by atoms with E-state index >= 15 is 0 Å². The minimum Gasteiger partial charge on any atom is -0.508 e. The van der Waals surface area contributed by atoms with Gasteiger partial charge in [0.25, 0.3) is 10.0 Å². The number of nitrogens with one attached hydrogen (secondary N) is 1. The summed E-state index contributed by atoms with van der Waals surface area (Å²) in [6.45, 7) is 0.0729. The van der Waals surface area contributed by atoms with Gasteiger partial charge < -0.3 is 15.2 Å². The second kappa shape index (κ2) is 6.44. The molecule has 2 heterocycles. The Kier molecular flexibility index (Phi) is 4.32. The number of nitrogens with zero attached hydrogens (tertiary/aromatic N) is 2. The van der Waals surface area contributed by atoms with Crippen LogP contribution in [0.1, 0.15) is 5.56 Å². The van der Waals surface area contributed by atoms with Crippen molar-refractivity contribution in [3.63, 3.8) is 0 Å². The predicted molar refractivity (Wildman–Crippen MR) is 89.7 cm³/mol. The summed E-state index contributed by atoms with van der Waals surface area (Å²) in [5.41, 5.74) is 0.860. The first-order chi connectivity index (χ1) is 11.9. The predicted octanol–water partition coefficient (Wildman–Crippen LogP) is 1.83. The van der Waals surface area contributed by atoms with E-state index in [1.807, 2.05) is 0 Å². The number of methoxy groups -OCH3 is 1. The number of hydrogen-bond donors (Lipinski definition) is 2. The quantitative estimate of drug-likeness (QED) is 0.733. The van der Waals surface area contributed by atoms with Gasteiger partial charge in [-0.2, -0.15) is 0 Å². The third-order valence-corrected chi connectivity index (χ3v) is 5.29. The number of phenols is 1. The number of carbonyl (C=O) groups excluding carboxylic acids is 1. The fourth-order valence-corrected chi connectivity index (χ4v) is 3.79. The minimum absolute atomic E-state index is 0.0164. The first-order valence-corrected chi connectivity index (χ1v) is 8.68. The van der Waals surface area contributed by atoms with Gasteiger partial charge in [0.2, 0.25) is 0 Å². The van der Waals surface area contributed by atoms with E-state index in [9.17, 15) is 18.3 Å². The lowest BCUT2D eigenvalue weighted by Crippen LogP contribution is -2.22. The topological polar surface area (TPSA) is 111 Å². The standard InChI is InChI=1S/C16H15N3O5S/c1-24-16(21)18-8-11-10-19(15-7-12(20)4-5-14(11)15)25(22,23)13-3-2-6-17-9-13/h2-7,9-10,20H,8H2,1H3,(H,18,21). The zero-order chi connectivity index (χ0) is 18.0. The Hall–Kier alpha value is -3.07. The maximum Gasteiger partial charge on any atom is 0.407 e. The second-order valence-corrected chi connectivity index (χ2v) is 7.01. The molecule has 0 atom stereocenters. The summed E-state index contributed by atoms with van der Waals surface area (Å²) in [6, 6.07) is 7.35. The molecule has 0 fully saturated rings. The molecule has 1 aromatic carbocycles. The molecule has 2 aromatic heterocycles. The van der Waals surface area contributed by atoms with Gasteiger partial charge >= 0.3 is 6.09 Å². The Morgan fingerprint density at radius 1 is 1.36 bits per heavy atom. The molecule has 3 rings (SSSR count). The normalized spacial score (nSPS) is 11.4. The highest BCUT2D eigenvalue weighted by Gasteiger charge is 2.22. The molecule has 3 aromatic rings. The number of carbonyl (C=O) groups is 1. The van der Waals surface area contributed by atoms with Crippen LogP contribution in [0, 0.1) is 0 Å². The fourth-order valence-electron chi connectivity index (χ4n) is 2.45. The van der Waals surface area contributed by atoms with E-state index in [2.05, 4.69) is 15.0 Å². The van der Waals surface area contributed by atoms with E-state index in [0.717, 1.165) is 3.97 Å². The van der Waals surface area contributed by atoms with Crippen LogP contribution >= 0.6 is 0 Å². The summed E-state index contributed by atoms with van der Waals surface area (Å²) < 4.78 is 31.4. The van der Waals surface area contributed by atoms with Gasteiger partial charge in [-0.05, 0) is 29.8 Å². The van der Waals surface area contributed by atoms with Crippen molar-refractivity contribution in [2.75, 3.05) is 7.11 Å². The number of phenolic OH excluding ortho intramolecular Hbond substituents is 1. The molecule has 2 N–H and O–H groups in total.